The van der Waals surface area contributed by atoms with Gasteiger partial charge in [0, 0.05) is 13.2 Å². The SMILES string of the molecule is CN[C@@H]1CCCC[C@@H]1OC.Cl. The van der Waals surface area contributed by atoms with Gasteiger partial charge in [-0.15, -0.1) is 12.4 Å². The van der Waals surface area contributed by atoms with Crippen LogP contribution in [0.5, 0.6) is 0 Å². The van der Waals surface area contributed by atoms with Crippen LogP contribution < -0.4 is 5.32 Å². The van der Waals surface area contributed by atoms with Crippen molar-refractivity contribution in [2.24, 2.45) is 0 Å². The van der Waals surface area contributed by atoms with E-state index in [9.17, 15) is 0 Å². The summed E-state index contributed by atoms with van der Waals surface area (Å²) < 4.78 is 5.33. The van der Waals surface area contributed by atoms with Crippen molar-refractivity contribution in [2.45, 2.75) is 37.8 Å². The Balaban J connectivity index is 0.000001000. The van der Waals surface area contributed by atoms with Crippen LogP contribution in [0.15, 0.2) is 0 Å². The largest absolute Gasteiger partial charge is 0.380 e. The molecule has 0 bridgehead atoms. The van der Waals surface area contributed by atoms with Crippen LogP contribution in [0.3, 0.4) is 0 Å². The molecular weight excluding hydrogens is 162 g/mol. The fraction of sp³-hybridized carbons (Fsp3) is 1.00. The molecule has 0 radical (unpaired) electrons. The quantitative estimate of drug-likeness (QED) is 0.695. The van der Waals surface area contributed by atoms with Gasteiger partial charge >= 0.3 is 0 Å². The predicted molar refractivity (Wildman–Crippen MR) is 49.4 cm³/mol. The zero-order valence-corrected chi connectivity index (χ0v) is 8.12. The Morgan fingerprint density at radius 2 is 1.91 bits per heavy atom. The molecule has 1 rings (SSSR count). The van der Waals surface area contributed by atoms with Gasteiger partial charge in [-0.25, -0.2) is 0 Å². The molecule has 0 spiro atoms. The fourth-order valence-corrected chi connectivity index (χ4v) is 1.71. The summed E-state index contributed by atoms with van der Waals surface area (Å²) in [7, 11) is 3.82. The summed E-state index contributed by atoms with van der Waals surface area (Å²) >= 11 is 0. The van der Waals surface area contributed by atoms with E-state index in [2.05, 4.69) is 5.32 Å². The van der Waals surface area contributed by atoms with E-state index < -0.39 is 0 Å². The molecule has 1 N–H and O–H groups in total. The van der Waals surface area contributed by atoms with E-state index >= 15 is 0 Å². The van der Waals surface area contributed by atoms with Crippen LogP contribution >= 0.6 is 12.4 Å². The van der Waals surface area contributed by atoms with E-state index in [0.29, 0.717) is 12.1 Å². The van der Waals surface area contributed by atoms with Gasteiger partial charge in [0.05, 0.1) is 6.10 Å². The lowest BCUT2D eigenvalue weighted by Gasteiger charge is -2.29. The third kappa shape index (κ3) is 2.97. The smallest absolute Gasteiger partial charge is 0.0724 e. The van der Waals surface area contributed by atoms with Crippen molar-refractivity contribution in [3.63, 3.8) is 0 Å². The van der Waals surface area contributed by atoms with Crippen LogP contribution in [0.1, 0.15) is 25.7 Å². The summed E-state index contributed by atoms with van der Waals surface area (Å²) in [6.07, 6.45) is 5.64. The lowest BCUT2D eigenvalue weighted by atomic mass is 9.93. The first kappa shape index (κ1) is 11.2. The number of nitrogens with one attached hydrogen (secondary N) is 1. The van der Waals surface area contributed by atoms with E-state index in [-0.39, 0.29) is 12.4 Å². The molecule has 0 saturated heterocycles. The molecule has 0 unspecified atom stereocenters. The van der Waals surface area contributed by atoms with Gasteiger partial charge in [-0.1, -0.05) is 12.8 Å². The van der Waals surface area contributed by atoms with Crippen molar-refractivity contribution in [3.8, 4) is 0 Å². The van der Waals surface area contributed by atoms with Crippen molar-refractivity contribution in [3.05, 3.63) is 0 Å². The molecule has 0 aromatic heterocycles. The maximum atomic E-state index is 5.33. The maximum Gasteiger partial charge on any atom is 0.0724 e. The number of likely N-dealkylation sites (N-methyl/N-ethyl adjacent to an activating group) is 1. The van der Waals surface area contributed by atoms with E-state index in [4.69, 9.17) is 4.74 Å². The summed E-state index contributed by atoms with van der Waals surface area (Å²) in [6, 6.07) is 0.596. The van der Waals surface area contributed by atoms with Gasteiger partial charge < -0.3 is 10.1 Å². The lowest BCUT2D eigenvalue weighted by molar-refractivity contribution is 0.0445. The molecule has 0 heterocycles. The van der Waals surface area contributed by atoms with Crippen LogP contribution in [0.4, 0.5) is 0 Å². The minimum Gasteiger partial charge on any atom is -0.380 e. The number of halogens is 1. The maximum absolute atomic E-state index is 5.33. The van der Waals surface area contributed by atoms with Crippen LogP contribution in [0.2, 0.25) is 0 Å². The molecule has 1 saturated carbocycles. The van der Waals surface area contributed by atoms with Crippen molar-refractivity contribution in [1.29, 1.82) is 0 Å². The first-order valence-corrected chi connectivity index (χ1v) is 4.08. The van der Waals surface area contributed by atoms with Gasteiger partial charge in [0.1, 0.15) is 0 Å². The van der Waals surface area contributed by atoms with E-state index in [0.717, 1.165) is 0 Å². The molecule has 11 heavy (non-hydrogen) atoms. The Hall–Kier alpha value is 0.210. The van der Waals surface area contributed by atoms with Crippen molar-refractivity contribution < 1.29 is 4.74 Å². The monoisotopic (exact) mass is 179 g/mol. The second-order valence-electron chi connectivity index (χ2n) is 2.95. The zero-order chi connectivity index (χ0) is 7.40. The number of hydrogen-bond acceptors (Lipinski definition) is 2. The molecule has 1 fully saturated rings. The van der Waals surface area contributed by atoms with Crippen molar-refractivity contribution in [1.82, 2.24) is 5.32 Å². The Labute approximate surface area is 75.1 Å². The van der Waals surface area contributed by atoms with Gasteiger partial charge in [0.15, 0.2) is 0 Å². The van der Waals surface area contributed by atoms with Crippen LogP contribution in [-0.4, -0.2) is 26.3 Å². The molecule has 3 heteroatoms. The second-order valence-corrected chi connectivity index (χ2v) is 2.95. The predicted octanol–water partition coefficient (Wildman–Crippen LogP) is 1.59. The summed E-state index contributed by atoms with van der Waals surface area (Å²) in [5.41, 5.74) is 0. The normalized spacial score (nSPS) is 31.1. The van der Waals surface area contributed by atoms with Crippen LogP contribution in [0, 0.1) is 0 Å². The Morgan fingerprint density at radius 1 is 1.27 bits per heavy atom. The minimum atomic E-state index is 0. The van der Waals surface area contributed by atoms with Gasteiger partial charge in [0.25, 0.3) is 0 Å². The van der Waals surface area contributed by atoms with Crippen LogP contribution in [-0.2, 0) is 4.74 Å². The molecule has 1 aliphatic rings. The Kier molecular flexibility index (Phi) is 5.92. The molecule has 2 nitrogen and oxygen atoms in total. The molecule has 0 aliphatic heterocycles. The number of hydrogen-bond donors (Lipinski definition) is 1. The van der Waals surface area contributed by atoms with Gasteiger partial charge in [0.2, 0.25) is 0 Å². The standard InChI is InChI=1S/C8H17NO.ClH/c1-9-7-5-3-4-6-8(7)10-2;/h7-9H,3-6H2,1-2H3;1H/t7-,8+;/m1./s1. The Morgan fingerprint density at radius 3 is 2.36 bits per heavy atom. The molecule has 0 aromatic rings. The summed E-state index contributed by atoms with van der Waals surface area (Å²) in [5, 5.41) is 3.28. The average molecular weight is 180 g/mol. The summed E-state index contributed by atoms with van der Waals surface area (Å²) in [5.74, 6) is 0. The highest BCUT2D eigenvalue weighted by molar-refractivity contribution is 5.85. The second kappa shape index (κ2) is 5.81. The molecule has 2 atom stereocenters. The van der Waals surface area contributed by atoms with E-state index in [1.807, 2.05) is 7.05 Å². The number of rotatable bonds is 2. The summed E-state index contributed by atoms with van der Waals surface area (Å²) in [6.45, 7) is 0. The first-order valence-electron chi connectivity index (χ1n) is 4.08. The third-order valence-corrected chi connectivity index (χ3v) is 2.38. The highest BCUT2D eigenvalue weighted by Gasteiger charge is 2.22. The van der Waals surface area contributed by atoms with Gasteiger partial charge in [-0.2, -0.15) is 0 Å². The van der Waals surface area contributed by atoms with Gasteiger partial charge in [-0.3, -0.25) is 0 Å². The molecule has 0 aromatic carbocycles. The first-order chi connectivity index (χ1) is 4.88. The molecule has 68 valence electrons. The minimum absolute atomic E-state index is 0. The topological polar surface area (TPSA) is 21.3 Å². The highest BCUT2D eigenvalue weighted by Crippen LogP contribution is 2.19. The average Bonchev–Trinajstić information content (AvgIpc) is 2.04. The number of methoxy groups -OCH3 is 1. The van der Waals surface area contributed by atoms with E-state index in [1.165, 1.54) is 25.7 Å². The fourth-order valence-electron chi connectivity index (χ4n) is 1.71. The lowest BCUT2D eigenvalue weighted by Crippen LogP contribution is -2.41. The van der Waals surface area contributed by atoms with Crippen molar-refractivity contribution in [2.75, 3.05) is 14.2 Å². The summed E-state index contributed by atoms with van der Waals surface area (Å²) in [4.78, 5) is 0. The highest BCUT2D eigenvalue weighted by atomic mass is 35.5. The molecule has 0 amide bonds. The zero-order valence-electron chi connectivity index (χ0n) is 7.30. The number of ether oxygens (including phenoxy) is 1. The van der Waals surface area contributed by atoms with Crippen LogP contribution in [0.25, 0.3) is 0 Å². The molecule has 1 aliphatic carbocycles. The van der Waals surface area contributed by atoms with E-state index in [1.54, 1.807) is 7.11 Å². The van der Waals surface area contributed by atoms with Crippen molar-refractivity contribution >= 4 is 12.4 Å². The third-order valence-electron chi connectivity index (χ3n) is 2.38. The molecular formula is C8H18ClNO. The Bertz CT molecular complexity index is 88.1. The van der Waals surface area contributed by atoms with Gasteiger partial charge in [-0.05, 0) is 19.9 Å².